The van der Waals surface area contributed by atoms with Crippen LogP contribution in [0.2, 0.25) is 5.02 Å². The molecular weight excluding hydrogens is 162 g/mol. The molecular formula is C7H5ClN3. The van der Waals surface area contributed by atoms with Crippen molar-refractivity contribution in [2.24, 2.45) is 0 Å². The molecule has 0 unspecified atom stereocenters. The van der Waals surface area contributed by atoms with Gasteiger partial charge in [-0.25, -0.2) is 4.98 Å². The van der Waals surface area contributed by atoms with Crippen LogP contribution in [0, 0.1) is 6.33 Å². The molecule has 0 spiro atoms. The Morgan fingerprint density at radius 1 is 1.55 bits per heavy atom. The van der Waals surface area contributed by atoms with Gasteiger partial charge in [0.15, 0.2) is 6.33 Å². The second-order valence-corrected chi connectivity index (χ2v) is 2.68. The highest BCUT2D eigenvalue weighted by Crippen LogP contribution is 2.22. The van der Waals surface area contributed by atoms with Gasteiger partial charge in [0.25, 0.3) is 0 Å². The molecule has 3 nitrogen and oxygen atoms in total. The molecule has 1 aromatic heterocycles. The Morgan fingerprint density at radius 3 is 3.18 bits per heavy atom. The highest BCUT2D eigenvalue weighted by atomic mass is 35.5. The van der Waals surface area contributed by atoms with Gasteiger partial charge in [0, 0.05) is 5.02 Å². The molecule has 0 saturated heterocycles. The van der Waals surface area contributed by atoms with E-state index in [-0.39, 0.29) is 0 Å². The zero-order valence-corrected chi connectivity index (χ0v) is 6.31. The average Bonchev–Trinajstić information content (AvgIpc) is 2.34. The van der Waals surface area contributed by atoms with Gasteiger partial charge < -0.3 is 10.7 Å². The van der Waals surface area contributed by atoms with Gasteiger partial charge in [-0.3, -0.25) is 0 Å². The molecule has 1 heterocycles. The van der Waals surface area contributed by atoms with Crippen molar-refractivity contribution in [3.05, 3.63) is 23.5 Å². The van der Waals surface area contributed by atoms with Crippen LogP contribution in [0.5, 0.6) is 0 Å². The largest absolute Gasteiger partial charge is 0.397 e. The third kappa shape index (κ3) is 0.935. The van der Waals surface area contributed by atoms with Gasteiger partial charge in [-0.1, -0.05) is 11.6 Å². The molecule has 0 aliphatic rings. The lowest BCUT2D eigenvalue weighted by Crippen LogP contribution is -1.85. The topological polar surface area (TPSA) is 54.7 Å². The fourth-order valence-corrected chi connectivity index (χ4v) is 1.21. The van der Waals surface area contributed by atoms with Gasteiger partial charge in [0.05, 0.1) is 11.2 Å². The fraction of sp³-hybridized carbons (Fsp3) is 0. The number of halogens is 1. The van der Waals surface area contributed by atoms with Crippen molar-refractivity contribution in [1.82, 2.24) is 9.97 Å². The van der Waals surface area contributed by atoms with E-state index in [0.717, 1.165) is 11.0 Å². The zero-order chi connectivity index (χ0) is 7.84. The number of fused-ring (bicyclic) bond motifs is 1. The van der Waals surface area contributed by atoms with Crippen molar-refractivity contribution < 1.29 is 0 Å². The molecule has 0 atom stereocenters. The van der Waals surface area contributed by atoms with Gasteiger partial charge in [-0.05, 0) is 12.1 Å². The number of aromatic nitrogens is 2. The van der Waals surface area contributed by atoms with Crippen LogP contribution >= 0.6 is 11.6 Å². The first-order valence-corrected chi connectivity index (χ1v) is 3.46. The normalized spacial score (nSPS) is 10.6. The number of nitrogens with zero attached hydrogens (tertiary/aromatic N) is 1. The lowest BCUT2D eigenvalue weighted by molar-refractivity contribution is 1.32. The SMILES string of the molecule is Nc1cc(Cl)cc2[nH][c]nc12. The van der Waals surface area contributed by atoms with E-state index in [1.807, 2.05) is 0 Å². The summed E-state index contributed by atoms with van der Waals surface area (Å²) in [5.74, 6) is 0. The molecule has 4 heteroatoms. The second-order valence-electron chi connectivity index (χ2n) is 2.24. The van der Waals surface area contributed by atoms with E-state index in [1.165, 1.54) is 0 Å². The molecule has 0 aliphatic heterocycles. The van der Waals surface area contributed by atoms with E-state index in [1.54, 1.807) is 12.1 Å². The maximum atomic E-state index is 5.74. The Kier molecular flexibility index (Phi) is 1.26. The number of H-pyrrole nitrogens is 1. The van der Waals surface area contributed by atoms with Crippen LogP contribution in [0.3, 0.4) is 0 Å². The highest BCUT2D eigenvalue weighted by Gasteiger charge is 2.01. The highest BCUT2D eigenvalue weighted by molar-refractivity contribution is 6.31. The molecule has 0 bridgehead atoms. The molecule has 0 saturated carbocycles. The minimum Gasteiger partial charge on any atom is -0.397 e. The Hall–Kier alpha value is -1.22. The van der Waals surface area contributed by atoms with Gasteiger partial charge in [0.1, 0.15) is 5.52 Å². The molecule has 11 heavy (non-hydrogen) atoms. The quantitative estimate of drug-likeness (QED) is 0.584. The first-order valence-electron chi connectivity index (χ1n) is 3.08. The Balaban J connectivity index is 2.91. The number of benzene rings is 1. The van der Waals surface area contributed by atoms with Crippen LogP contribution in [-0.2, 0) is 0 Å². The van der Waals surface area contributed by atoms with Crippen molar-refractivity contribution in [1.29, 1.82) is 0 Å². The summed E-state index contributed by atoms with van der Waals surface area (Å²) in [6, 6.07) is 3.43. The van der Waals surface area contributed by atoms with E-state index < -0.39 is 0 Å². The molecule has 2 rings (SSSR count). The zero-order valence-electron chi connectivity index (χ0n) is 5.56. The van der Waals surface area contributed by atoms with E-state index in [4.69, 9.17) is 17.3 Å². The predicted molar refractivity (Wildman–Crippen MR) is 44.4 cm³/mol. The van der Waals surface area contributed by atoms with Crippen LogP contribution in [0.15, 0.2) is 12.1 Å². The van der Waals surface area contributed by atoms with Gasteiger partial charge in [-0.2, -0.15) is 0 Å². The first kappa shape index (κ1) is 6.49. The number of hydrogen-bond donors (Lipinski definition) is 2. The Bertz CT molecular complexity index is 393. The first-order chi connectivity index (χ1) is 5.27. The minimum absolute atomic E-state index is 0.574. The summed E-state index contributed by atoms with van der Waals surface area (Å²) in [6.07, 6.45) is 2.59. The fourth-order valence-electron chi connectivity index (χ4n) is 0.984. The van der Waals surface area contributed by atoms with Crippen LogP contribution in [0.25, 0.3) is 11.0 Å². The van der Waals surface area contributed by atoms with E-state index in [9.17, 15) is 0 Å². The summed E-state index contributed by atoms with van der Waals surface area (Å²) >= 11 is 5.74. The maximum Gasteiger partial charge on any atom is 0.174 e. The van der Waals surface area contributed by atoms with Crippen molar-refractivity contribution in [2.45, 2.75) is 0 Å². The van der Waals surface area contributed by atoms with Crippen LogP contribution in [0.4, 0.5) is 5.69 Å². The van der Waals surface area contributed by atoms with Crippen molar-refractivity contribution in [3.63, 3.8) is 0 Å². The van der Waals surface area contributed by atoms with Gasteiger partial charge in [-0.15, -0.1) is 0 Å². The number of hydrogen-bond acceptors (Lipinski definition) is 2. The third-order valence-corrected chi connectivity index (χ3v) is 1.68. The number of anilines is 1. The lowest BCUT2D eigenvalue weighted by atomic mass is 10.3. The summed E-state index contributed by atoms with van der Waals surface area (Å²) in [5.41, 5.74) is 7.72. The maximum absolute atomic E-state index is 5.74. The minimum atomic E-state index is 0.574. The third-order valence-electron chi connectivity index (χ3n) is 1.46. The molecule has 2 aromatic rings. The van der Waals surface area contributed by atoms with Crippen molar-refractivity contribution >= 4 is 28.3 Å². The summed E-state index contributed by atoms with van der Waals surface area (Å²) in [6.45, 7) is 0. The number of nitrogens with two attached hydrogens (primary N) is 1. The van der Waals surface area contributed by atoms with Gasteiger partial charge in [0.2, 0.25) is 0 Å². The molecule has 0 fully saturated rings. The number of rotatable bonds is 0. The average molecular weight is 167 g/mol. The van der Waals surface area contributed by atoms with E-state index in [0.29, 0.717) is 10.7 Å². The number of imidazole rings is 1. The van der Waals surface area contributed by atoms with Crippen molar-refractivity contribution in [3.8, 4) is 0 Å². The molecule has 1 aromatic carbocycles. The van der Waals surface area contributed by atoms with Crippen LogP contribution < -0.4 is 5.73 Å². The Labute approximate surface area is 68.2 Å². The van der Waals surface area contributed by atoms with E-state index >= 15 is 0 Å². The number of nitrogens with one attached hydrogen (secondary N) is 1. The molecule has 1 radical (unpaired) electrons. The second kappa shape index (κ2) is 2.13. The van der Waals surface area contributed by atoms with Crippen LogP contribution in [0.1, 0.15) is 0 Å². The number of nitrogen functional groups attached to an aromatic ring is 1. The Morgan fingerprint density at radius 2 is 2.36 bits per heavy atom. The molecule has 3 N–H and O–H groups in total. The summed E-state index contributed by atoms with van der Waals surface area (Å²) in [4.78, 5) is 6.70. The lowest BCUT2D eigenvalue weighted by Gasteiger charge is -1.94. The van der Waals surface area contributed by atoms with Crippen LogP contribution in [-0.4, -0.2) is 9.97 Å². The van der Waals surface area contributed by atoms with E-state index in [2.05, 4.69) is 16.3 Å². The molecule has 55 valence electrons. The summed E-state index contributed by atoms with van der Waals surface area (Å²) in [5, 5.41) is 0.604. The molecule has 0 amide bonds. The van der Waals surface area contributed by atoms with Gasteiger partial charge >= 0.3 is 0 Å². The predicted octanol–water partition coefficient (Wildman–Crippen LogP) is 1.60. The molecule has 0 aliphatic carbocycles. The monoisotopic (exact) mass is 166 g/mol. The summed E-state index contributed by atoms with van der Waals surface area (Å²) < 4.78 is 0. The standard InChI is InChI=1S/C7H5ClN3/c8-4-1-5(9)7-6(2-4)10-3-11-7/h1-2H,9H2,(H,10,11). The number of aromatic amines is 1. The smallest absolute Gasteiger partial charge is 0.174 e. The van der Waals surface area contributed by atoms with Crippen molar-refractivity contribution in [2.75, 3.05) is 5.73 Å². The summed E-state index contributed by atoms with van der Waals surface area (Å²) in [7, 11) is 0.